The second kappa shape index (κ2) is 9.06. The molecule has 0 bridgehead atoms. The fourth-order valence-corrected chi connectivity index (χ4v) is 4.10. The average molecular weight is 424 g/mol. The summed E-state index contributed by atoms with van der Waals surface area (Å²) in [7, 11) is 0. The van der Waals surface area contributed by atoms with E-state index in [2.05, 4.69) is 68.8 Å². The van der Waals surface area contributed by atoms with E-state index in [1.165, 1.54) is 23.1 Å². The van der Waals surface area contributed by atoms with E-state index < -0.39 is 0 Å². The van der Waals surface area contributed by atoms with E-state index in [9.17, 15) is 4.79 Å². The first-order valence-corrected chi connectivity index (χ1v) is 10.8. The third-order valence-corrected chi connectivity index (χ3v) is 5.86. The van der Waals surface area contributed by atoms with E-state index in [0.29, 0.717) is 18.7 Å². The van der Waals surface area contributed by atoms with Crippen molar-refractivity contribution in [1.29, 1.82) is 0 Å². The third-order valence-electron chi connectivity index (χ3n) is 5.86. The lowest BCUT2D eigenvalue weighted by Gasteiger charge is -2.19. The zero-order valence-electron chi connectivity index (χ0n) is 17.8. The molecule has 0 radical (unpaired) electrons. The van der Waals surface area contributed by atoms with E-state index in [0.717, 1.165) is 30.6 Å². The van der Waals surface area contributed by atoms with Gasteiger partial charge in [0.15, 0.2) is 0 Å². The van der Waals surface area contributed by atoms with Crippen LogP contribution in [0.3, 0.4) is 0 Å². The van der Waals surface area contributed by atoms with Gasteiger partial charge in [-0.05, 0) is 46.9 Å². The van der Waals surface area contributed by atoms with Crippen LogP contribution in [0.4, 0.5) is 5.69 Å². The fourth-order valence-electron chi connectivity index (χ4n) is 4.10. The number of nitrogens with zero attached hydrogens (tertiary/aromatic N) is 4. The van der Waals surface area contributed by atoms with Gasteiger partial charge in [0.1, 0.15) is 12.7 Å². The normalized spacial score (nSPS) is 12.6. The predicted octanol–water partition coefficient (Wildman–Crippen LogP) is 3.82. The van der Waals surface area contributed by atoms with E-state index in [1.807, 2.05) is 24.3 Å². The molecule has 1 aliphatic rings. The number of amides is 1. The second-order valence-electron chi connectivity index (χ2n) is 8.09. The van der Waals surface area contributed by atoms with Gasteiger partial charge in [-0.15, -0.1) is 0 Å². The van der Waals surface area contributed by atoms with E-state index in [-0.39, 0.29) is 5.91 Å². The van der Waals surface area contributed by atoms with Gasteiger partial charge >= 0.3 is 0 Å². The van der Waals surface area contributed by atoms with Crippen molar-refractivity contribution >= 4 is 11.6 Å². The Morgan fingerprint density at radius 1 is 0.875 bits per heavy atom. The summed E-state index contributed by atoms with van der Waals surface area (Å²) in [5.41, 5.74) is 6.86. The summed E-state index contributed by atoms with van der Waals surface area (Å²) in [4.78, 5) is 18.9. The molecule has 1 aliphatic heterocycles. The molecule has 0 saturated heterocycles. The second-order valence-corrected chi connectivity index (χ2v) is 8.09. The molecule has 32 heavy (non-hydrogen) atoms. The van der Waals surface area contributed by atoms with Crippen LogP contribution in [0.1, 0.15) is 32.6 Å². The molecule has 3 aromatic carbocycles. The minimum atomic E-state index is -0.0740. The quantitative estimate of drug-likeness (QED) is 0.491. The van der Waals surface area contributed by atoms with Crippen LogP contribution in [0.5, 0.6) is 0 Å². The van der Waals surface area contributed by atoms with E-state index in [1.54, 1.807) is 11.0 Å². The van der Waals surface area contributed by atoms with Gasteiger partial charge < -0.3 is 10.2 Å². The number of nitrogens with one attached hydrogen (secondary N) is 1. The Morgan fingerprint density at radius 2 is 1.59 bits per heavy atom. The highest BCUT2D eigenvalue weighted by Crippen LogP contribution is 2.28. The molecule has 0 unspecified atom stereocenters. The summed E-state index contributed by atoms with van der Waals surface area (Å²) in [6, 6.07) is 24.7. The number of hydrogen-bond donors (Lipinski definition) is 1. The van der Waals surface area contributed by atoms with Crippen LogP contribution in [0.15, 0.2) is 85.5 Å². The first-order chi connectivity index (χ1) is 15.7. The molecule has 0 fully saturated rings. The maximum Gasteiger partial charge on any atom is 0.251 e. The minimum absolute atomic E-state index is 0.0740. The number of aromatic nitrogens is 3. The summed E-state index contributed by atoms with van der Waals surface area (Å²) in [5, 5.41) is 7.11. The number of anilines is 1. The molecule has 5 rings (SSSR count). The summed E-state index contributed by atoms with van der Waals surface area (Å²) in [6.45, 7) is 3.11. The van der Waals surface area contributed by atoms with Crippen LogP contribution in [0, 0.1) is 0 Å². The lowest BCUT2D eigenvalue weighted by molar-refractivity contribution is 0.0951. The molecule has 2 heterocycles. The fraction of sp³-hybridized carbons (Fsp3) is 0.192. The lowest BCUT2D eigenvalue weighted by atomic mass is 10.1. The highest BCUT2D eigenvalue weighted by Gasteiger charge is 2.18. The Kier molecular flexibility index (Phi) is 5.66. The van der Waals surface area contributed by atoms with Crippen molar-refractivity contribution in [1.82, 2.24) is 20.1 Å². The molecule has 4 aromatic rings. The van der Waals surface area contributed by atoms with Crippen molar-refractivity contribution in [3.8, 4) is 0 Å². The van der Waals surface area contributed by atoms with Crippen molar-refractivity contribution < 1.29 is 4.79 Å². The molecular weight excluding hydrogens is 398 g/mol. The molecule has 6 heteroatoms. The molecular formula is C26H25N5O. The molecule has 0 spiro atoms. The van der Waals surface area contributed by atoms with Gasteiger partial charge in [-0.1, -0.05) is 54.6 Å². The number of para-hydroxylation sites is 1. The monoisotopic (exact) mass is 423 g/mol. The van der Waals surface area contributed by atoms with Crippen molar-refractivity contribution in [2.45, 2.75) is 26.1 Å². The van der Waals surface area contributed by atoms with Gasteiger partial charge in [-0.3, -0.25) is 4.79 Å². The van der Waals surface area contributed by atoms with E-state index >= 15 is 0 Å². The maximum absolute atomic E-state index is 12.5. The summed E-state index contributed by atoms with van der Waals surface area (Å²) < 4.78 is 1.75. The van der Waals surface area contributed by atoms with Crippen LogP contribution >= 0.6 is 0 Å². The number of benzene rings is 3. The molecule has 1 amide bonds. The Labute approximate surface area is 187 Å². The Hall–Kier alpha value is -3.93. The van der Waals surface area contributed by atoms with Crippen LogP contribution in [-0.2, 0) is 26.1 Å². The Bertz CT molecular complexity index is 1180. The van der Waals surface area contributed by atoms with E-state index in [4.69, 9.17) is 0 Å². The lowest BCUT2D eigenvalue weighted by Crippen LogP contribution is -2.23. The number of hydrogen-bond acceptors (Lipinski definition) is 4. The third kappa shape index (κ3) is 4.54. The van der Waals surface area contributed by atoms with Gasteiger partial charge in [0.2, 0.25) is 0 Å². The number of rotatable bonds is 7. The Morgan fingerprint density at radius 3 is 2.38 bits per heavy atom. The minimum Gasteiger partial charge on any atom is -0.367 e. The van der Waals surface area contributed by atoms with Crippen LogP contribution < -0.4 is 10.2 Å². The molecule has 0 saturated carbocycles. The topological polar surface area (TPSA) is 63.1 Å². The van der Waals surface area contributed by atoms with Gasteiger partial charge in [0, 0.05) is 30.9 Å². The van der Waals surface area contributed by atoms with Gasteiger partial charge in [-0.2, -0.15) is 5.10 Å². The molecule has 1 aromatic heterocycles. The molecule has 6 nitrogen and oxygen atoms in total. The summed E-state index contributed by atoms with van der Waals surface area (Å²) in [6.07, 6.45) is 4.30. The van der Waals surface area contributed by atoms with Crippen LogP contribution in [0.2, 0.25) is 0 Å². The highest BCUT2D eigenvalue weighted by atomic mass is 16.1. The standard InChI is InChI=1S/C26H25N5O/c32-26(24-11-9-22(10-12-24)17-31-19-27-18-29-31)28-15-20-5-7-21(8-6-20)16-30-14-13-23-3-1-2-4-25(23)30/h1-12,18-19H,13-17H2,(H,28,32). The molecule has 1 N–H and O–H groups in total. The smallest absolute Gasteiger partial charge is 0.251 e. The number of carbonyl (C=O) groups is 1. The predicted molar refractivity (Wildman–Crippen MR) is 124 cm³/mol. The van der Waals surface area contributed by atoms with Crippen molar-refractivity contribution in [2.24, 2.45) is 0 Å². The molecule has 160 valence electrons. The average Bonchev–Trinajstić information content (AvgIpc) is 3.49. The molecule has 0 atom stereocenters. The van der Waals surface area contributed by atoms with Gasteiger partial charge in [-0.25, -0.2) is 9.67 Å². The van der Waals surface area contributed by atoms with Crippen LogP contribution in [-0.4, -0.2) is 27.2 Å². The first kappa shape index (κ1) is 20.0. The summed E-state index contributed by atoms with van der Waals surface area (Å²) >= 11 is 0. The Balaban J connectivity index is 1.14. The molecule has 0 aliphatic carbocycles. The maximum atomic E-state index is 12.5. The largest absolute Gasteiger partial charge is 0.367 e. The highest BCUT2D eigenvalue weighted by molar-refractivity contribution is 5.94. The zero-order valence-corrected chi connectivity index (χ0v) is 17.8. The zero-order chi connectivity index (χ0) is 21.8. The van der Waals surface area contributed by atoms with Crippen molar-refractivity contribution in [3.63, 3.8) is 0 Å². The van der Waals surface area contributed by atoms with Crippen molar-refractivity contribution in [3.05, 3.63) is 113 Å². The van der Waals surface area contributed by atoms with Gasteiger partial charge in [0.25, 0.3) is 5.91 Å². The first-order valence-electron chi connectivity index (χ1n) is 10.8. The number of carbonyl (C=O) groups excluding carboxylic acids is 1. The van der Waals surface area contributed by atoms with Gasteiger partial charge in [0.05, 0.1) is 6.54 Å². The van der Waals surface area contributed by atoms with Crippen molar-refractivity contribution in [2.75, 3.05) is 11.4 Å². The van der Waals surface area contributed by atoms with Crippen LogP contribution in [0.25, 0.3) is 0 Å². The SMILES string of the molecule is O=C(NCc1ccc(CN2CCc3ccccc32)cc1)c1ccc(Cn2cncn2)cc1. The number of fused-ring (bicyclic) bond motifs is 1. The summed E-state index contributed by atoms with van der Waals surface area (Å²) in [5.74, 6) is -0.0740.